The number of imide groups is 1. The Kier molecular flexibility index (Phi) is 7.93. The van der Waals surface area contributed by atoms with Gasteiger partial charge < -0.3 is 15.7 Å². The maximum absolute atomic E-state index is 13.7. The van der Waals surface area contributed by atoms with Gasteiger partial charge in [0.1, 0.15) is 11.4 Å². The van der Waals surface area contributed by atoms with E-state index in [1.807, 2.05) is 5.32 Å². The quantitative estimate of drug-likeness (QED) is 0.271. The third-order valence-electron chi connectivity index (χ3n) is 7.18. The van der Waals surface area contributed by atoms with Gasteiger partial charge in [-0.15, -0.1) is 0 Å². The minimum absolute atomic E-state index is 0.269. The van der Waals surface area contributed by atoms with Gasteiger partial charge in [-0.25, -0.2) is 17.6 Å². The molecule has 4 amide bonds. The highest BCUT2D eigenvalue weighted by Gasteiger charge is 2.71. The standard InChI is InChI=1S/C25H23F7N4O6S/c1-22(20(38)34-21(39)35-22)12-33-19(37)11-16-6-2-13-10-14(23(40,24(27,28)29)25(30,31)32)3-9-18(13)36(16)43(41,42)17-7-4-15(26)5-8-17/h3-5,7-10,16,40H,2,6,11-12H2,1H3,(H,33,37)(H2,34,35,38,39)/t16-,22?/m0/s1. The zero-order valence-corrected chi connectivity index (χ0v) is 22.8. The highest BCUT2D eigenvalue weighted by molar-refractivity contribution is 7.92. The summed E-state index contributed by atoms with van der Waals surface area (Å²) in [5.41, 5.74) is -9.03. The maximum atomic E-state index is 13.7. The molecule has 0 aromatic heterocycles. The topological polar surface area (TPSA) is 145 Å². The number of aliphatic hydroxyl groups is 1. The number of hydrogen-bond donors (Lipinski definition) is 4. The van der Waals surface area contributed by atoms with E-state index in [4.69, 9.17) is 0 Å². The molecule has 43 heavy (non-hydrogen) atoms. The second-order valence-electron chi connectivity index (χ2n) is 10.2. The van der Waals surface area contributed by atoms with Crippen LogP contribution in [0.1, 0.15) is 30.9 Å². The number of halogens is 7. The van der Waals surface area contributed by atoms with Gasteiger partial charge in [0, 0.05) is 18.5 Å². The summed E-state index contributed by atoms with van der Waals surface area (Å²) in [6.07, 6.45) is -13.5. The Hall–Kier alpha value is -3.93. The van der Waals surface area contributed by atoms with E-state index in [1.165, 1.54) is 6.92 Å². The monoisotopic (exact) mass is 640 g/mol. The number of benzene rings is 2. The number of anilines is 1. The van der Waals surface area contributed by atoms with Crippen molar-refractivity contribution in [3.8, 4) is 0 Å². The molecule has 0 spiro atoms. The largest absolute Gasteiger partial charge is 0.430 e. The van der Waals surface area contributed by atoms with Crippen LogP contribution in [0.4, 0.5) is 41.2 Å². The molecule has 0 saturated carbocycles. The van der Waals surface area contributed by atoms with Crippen LogP contribution in [0.3, 0.4) is 0 Å². The number of rotatable bonds is 7. The molecule has 4 rings (SSSR count). The van der Waals surface area contributed by atoms with Gasteiger partial charge in [-0.1, -0.05) is 12.1 Å². The number of urea groups is 1. The van der Waals surface area contributed by atoms with E-state index in [9.17, 15) is 58.6 Å². The van der Waals surface area contributed by atoms with Crippen LogP contribution in [0.15, 0.2) is 47.4 Å². The maximum Gasteiger partial charge on any atom is 0.430 e. The summed E-state index contributed by atoms with van der Waals surface area (Å²) < 4.78 is 123. The van der Waals surface area contributed by atoms with Gasteiger partial charge in [-0.3, -0.25) is 19.2 Å². The fourth-order valence-electron chi connectivity index (χ4n) is 4.85. The van der Waals surface area contributed by atoms with Crippen molar-refractivity contribution in [1.82, 2.24) is 16.0 Å². The van der Waals surface area contributed by atoms with Gasteiger partial charge in [0.2, 0.25) is 5.91 Å². The number of aryl methyl sites for hydroxylation is 1. The number of nitrogens with zero attached hydrogens (tertiary/aromatic N) is 1. The molecule has 0 bridgehead atoms. The normalized spacial score (nSPS) is 21.2. The molecule has 0 aliphatic carbocycles. The summed E-state index contributed by atoms with van der Waals surface area (Å²) >= 11 is 0. The van der Waals surface area contributed by atoms with E-state index < -0.39 is 86.6 Å². The number of alkyl halides is 6. The van der Waals surface area contributed by atoms with E-state index in [2.05, 4.69) is 10.6 Å². The van der Waals surface area contributed by atoms with E-state index in [0.29, 0.717) is 16.4 Å². The Bertz CT molecular complexity index is 1550. The van der Waals surface area contributed by atoms with Crippen molar-refractivity contribution < 1.29 is 58.6 Å². The first-order chi connectivity index (χ1) is 19.7. The summed E-state index contributed by atoms with van der Waals surface area (Å²) in [4.78, 5) is 35.8. The van der Waals surface area contributed by atoms with E-state index >= 15 is 0 Å². The second-order valence-corrected chi connectivity index (χ2v) is 12.0. The van der Waals surface area contributed by atoms with E-state index in [-0.39, 0.29) is 30.2 Å². The number of amides is 4. The van der Waals surface area contributed by atoms with E-state index in [1.54, 1.807) is 0 Å². The molecule has 4 N–H and O–H groups in total. The van der Waals surface area contributed by atoms with E-state index in [0.717, 1.165) is 24.3 Å². The number of carbonyl (C=O) groups excluding carboxylic acids is 3. The van der Waals surface area contributed by atoms with Crippen LogP contribution in [0.25, 0.3) is 0 Å². The average molecular weight is 641 g/mol. The molecule has 10 nitrogen and oxygen atoms in total. The molecular weight excluding hydrogens is 617 g/mol. The lowest BCUT2D eigenvalue weighted by Gasteiger charge is -2.39. The van der Waals surface area contributed by atoms with Crippen LogP contribution in [-0.4, -0.2) is 61.8 Å². The van der Waals surface area contributed by atoms with Gasteiger partial charge in [0.15, 0.2) is 0 Å². The van der Waals surface area contributed by atoms with Crippen molar-refractivity contribution in [3.05, 3.63) is 59.4 Å². The Morgan fingerprint density at radius 1 is 1.07 bits per heavy atom. The molecular formula is C25H23F7N4O6S. The number of carbonyl (C=O) groups is 3. The smallest absolute Gasteiger partial charge is 0.369 e. The molecule has 1 saturated heterocycles. The van der Waals surface area contributed by atoms with Crippen molar-refractivity contribution in [3.63, 3.8) is 0 Å². The molecule has 1 unspecified atom stereocenters. The lowest BCUT2D eigenvalue weighted by atomic mass is 9.87. The Balaban J connectivity index is 1.72. The first-order valence-electron chi connectivity index (χ1n) is 12.4. The molecule has 18 heteroatoms. The zero-order chi connectivity index (χ0) is 32.2. The lowest BCUT2D eigenvalue weighted by Crippen LogP contribution is -2.54. The van der Waals surface area contributed by atoms with Gasteiger partial charge in [-0.05, 0) is 55.7 Å². The van der Waals surface area contributed by atoms with Crippen LogP contribution >= 0.6 is 0 Å². The third-order valence-corrected chi connectivity index (χ3v) is 9.06. The minimum Gasteiger partial charge on any atom is -0.369 e. The Morgan fingerprint density at radius 2 is 1.67 bits per heavy atom. The molecule has 2 heterocycles. The molecule has 2 aromatic rings. The average Bonchev–Trinajstić information content (AvgIpc) is 3.16. The molecule has 1 fully saturated rings. The van der Waals surface area contributed by atoms with Crippen molar-refractivity contribution in [2.24, 2.45) is 0 Å². The number of hydrogen-bond acceptors (Lipinski definition) is 6. The second kappa shape index (κ2) is 10.7. The molecule has 234 valence electrons. The first kappa shape index (κ1) is 32.0. The summed E-state index contributed by atoms with van der Waals surface area (Å²) in [5.74, 6) is -2.34. The minimum atomic E-state index is -6.18. The van der Waals surface area contributed by atoms with Crippen molar-refractivity contribution in [2.75, 3.05) is 10.8 Å². The zero-order valence-electron chi connectivity index (χ0n) is 21.9. The van der Waals surface area contributed by atoms with Gasteiger partial charge >= 0.3 is 18.4 Å². The van der Waals surface area contributed by atoms with Crippen molar-refractivity contribution in [1.29, 1.82) is 0 Å². The number of fused-ring (bicyclic) bond motifs is 1. The number of nitrogens with one attached hydrogen (secondary N) is 3. The molecule has 2 aliphatic rings. The Labute approximate surface area is 239 Å². The highest BCUT2D eigenvalue weighted by Crippen LogP contribution is 2.51. The van der Waals surface area contributed by atoms with Gasteiger partial charge in [0.05, 0.1) is 16.6 Å². The predicted octanol–water partition coefficient (Wildman–Crippen LogP) is 2.75. The molecule has 2 atom stereocenters. The van der Waals surface area contributed by atoms with Crippen molar-refractivity contribution in [2.45, 2.75) is 60.6 Å². The SMILES string of the molecule is CC1(CNC(=O)C[C@@H]2CCc3cc(C(O)(C(F)(F)F)C(F)(F)F)ccc3N2S(=O)(=O)c2ccc(F)cc2)NC(=O)NC1=O. The predicted molar refractivity (Wildman–Crippen MR) is 133 cm³/mol. The van der Waals surface area contributed by atoms with Crippen molar-refractivity contribution >= 4 is 33.6 Å². The van der Waals surface area contributed by atoms with Crippen LogP contribution in [0, 0.1) is 5.82 Å². The molecule has 0 radical (unpaired) electrons. The summed E-state index contributed by atoms with van der Waals surface area (Å²) in [5, 5.41) is 16.5. The highest BCUT2D eigenvalue weighted by atomic mass is 32.2. The summed E-state index contributed by atoms with van der Waals surface area (Å²) in [6.45, 7) is 0.921. The fourth-order valence-corrected chi connectivity index (χ4v) is 6.56. The van der Waals surface area contributed by atoms with Gasteiger partial charge in [-0.2, -0.15) is 26.3 Å². The third kappa shape index (κ3) is 5.72. The lowest BCUT2D eigenvalue weighted by molar-refractivity contribution is -0.376. The summed E-state index contributed by atoms with van der Waals surface area (Å²) in [7, 11) is -4.69. The van der Waals surface area contributed by atoms with Crippen LogP contribution < -0.4 is 20.3 Å². The van der Waals surface area contributed by atoms with Crippen LogP contribution in [-0.2, 0) is 31.6 Å². The first-order valence-corrected chi connectivity index (χ1v) is 13.8. The fraction of sp³-hybridized carbons (Fsp3) is 0.400. The summed E-state index contributed by atoms with van der Waals surface area (Å²) in [6, 6.07) is 2.73. The van der Waals surface area contributed by atoms with Crippen LogP contribution in [0.2, 0.25) is 0 Å². The van der Waals surface area contributed by atoms with Crippen LogP contribution in [0.5, 0.6) is 0 Å². The molecule has 2 aliphatic heterocycles. The number of sulfonamides is 1. The van der Waals surface area contributed by atoms with Gasteiger partial charge in [0.25, 0.3) is 21.5 Å². The Morgan fingerprint density at radius 3 is 2.21 bits per heavy atom. The molecule has 2 aromatic carbocycles.